The molecule has 4 rings (SSSR count). The van der Waals surface area contributed by atoms with Crippen LogP contribution >= 0.6 is 23.2 Å². The summed E-state index contributed by atoms with van der Waals surface area (Å²) in [6.07, 6.45) is 0. The molecule has 130 valence electrons. The number of benzene rings is 3. The summed E-state index contributed by atoms with van der Waals surface area (Å²) >= 11 is 13.2. The van der Waals surface area contributed by atoms with Crippen molar-refractivity contribution in [2.75, 3.05) is 0 Å². The fourth-order valence-corrected chi connectivity index (χ4v) is 4.69. The Hall–Kier alpha value is -2.06. The smallest absolute Gasteiger partial charge is 0.139 e. The van der Waals surface area contributed by atoms with Gasteiger partial charge in [0, 0.05) is 27.1 Å². The standard InChI is InChI=1S/C23H18Cl2O/c1-14(2)23(26)21-16(10-6-12-18(21)24)20(15-8-4-3-5-9-15)17-11-7-13-19(25)22(17)23/h3-13,20,26H,1H2,2H3. The Bertz CT molecular complexity index is 954. The first-order valence-corrected chi connectivity index (χ1v) is 9.23. The van der Waals surface area contributed by atoms with Gasteiger partial charge in [-0.1, -0.05) is 84.4 Å². The van der Waals surface area contributed by atoms with Crippen LogP contribution in [0.3, 0.4) is 0 Å². The Morgan fingerprint density at radius 1 is 0.846 bits per heavy atom. The molecule has 3 heteroatoms. The molecule has 1 aliphatic rings. The maximum atomic E-state index is 11.8. The Balaban J connectivity index is 2.16. The van der Waals surface area contributed by atoms with Crippen molar-refractivity contribution < 1.29 is 5.11 Å². The molecule has 3 aromatic carbocycles. The molecule has 0 heterocycles. The fraction of sp³-hybridized carbons (Fsp3) is 0.130. The molecular weight excluding hydrogens is 363 g/mol. The maximum Gasteiger partial charge on any atom is 0.139 e. The van der Waals surface area contributed by atoms with Crippen LogP contribution in [0.25, 0.3) is 0 Å². The molecule has 0 atom stereocenters. The highest BCUT2D eigenvalue weighted by molar-refractivity contribution is 6.33. The zero-order chi connectivity index (χ0) is 18.5. The van der Waals surface area contributed by atoms with Gasteiger partial charge >= 0.3 is 0 Å². The van der Waals surface area contributed by atoms with Crippen molar-refractivity contribution in [3.05, 3.63) is 117 Å². The van der Waals surface area contributed by atoms with Crippen LogP contribution in [0.15, 0.2) is 78.9 Å². The van der Waals surface area contributed by atoms with Gasteiger partial charge in [0.15, 0.2) is 0 Å². The molecular formula is C23H18Cl2O. The first-order chi connectivity index (χ1) is 12.5. The predicted octanol–water partition coefficient (Wildman–Crippen LogP) is 6.30. The lowest BCUT2D eigenvalue weighted by Gasteiger charge is -2.42. The summed E-state index contributed by atoms with van der Waals surface area (Å²) < 4.78 is 0. The van der Waals surface area contributed by atoms with Gasteiger partial charge in [-0.3, -0.25) is 0 Å². The average molecular weight is 381 g/mol. The fourth-order valence-electron chi connectivity index (χ4n) is 4.05. The second-order valence-corrected chi connectivity index (χ2v) is 7.56. The quantitative estimate of drug-likeness (QED) is 0.517. The van der Waals surface area contributed by atoms with Crippen LogP contribution in [0.1, 0.15) is 40.7 Å². The second-order valence-electron chi connectivity index (χ2n) is 6.74. The molecule has 0 aliphatic heterocycles. The van der Waals surface area contributed by atoms with E-state index in [1.807, 2.05) is 49.4 Å². The summed E-state index contributed by atoms with van der Waals surface area (Å²) in [5, 5.41) is 12.8. The average Bonchev–Trinajstić information content (AvgIpc) is 2.62. The second kappa shape index (κ2) is 6.28. The predicted molar refractivity (Wildman–Crippen MR) is 108 cm³/mol. The molecule has 1 N–H and O–H groups in total. The van der Waals surface area contributed by atoms with Gasteiger partial charge < -0.3 is 5.11 Å². The first kappa shape index (κ1) is 17.4. The topological polar surface area (TPSA) is 20.2 Å². The monoisotopic (exact) mass is 380 g/mol. The van der Waals surface area contributed by atoms with Gasteiger partial charge in [-0.15, -0.1) is 0 Å². The van der Waals surface area contributed by atoms with E-state index >= 15 is 0 Å². The molecule has 0 aromatic heterocycles. The van der Waals surface area contributed by atoms with E-state index in [4.69, 9.17) is 23.2 Å². The van der Waals surface area contributed by atoms with E-state index in [0.717, 1.165) is 16.7 Å². The normalized spacial score (nSPS) is 21.0. The van der Waals surface area contributed by atoms with Crippen LogP contribution in [0, 0.1) is 0 Å². The Morgan fingerprint density at radius 3 is 1.81 bits per heavy atom. The van der Waals surface area contributed by atoms with Crippen molar-refractivity contribution in [2.45, 2.75) is 18.4 Å². The highest BCUT2D eigenvalue weighted by atomic mass is 35.5. The number of rotatable bonds is 2. The van der Waals surface area contributed by atoms with Gasteiger partial charge in [-0.25, -0.2) is 0 Å². The van der Waals surface area contributed by atoms with Crippen molar-refractivity contribution in [1.29, 1.82) is 0 Å². The first-order valence-electron chi connectivity index (χ1n) is 8.47. The highest BCUT2D eigenvalue weighted by Crippen LogP contribution is 2.54. The number of halogens is 2. The van der Waals surface area contributed by atoms with E-state index in [0.29, 0.717) is 26.7 Å². The lowest BCUT2D eigenvalue weighted by atomic mass is 9.66. The van der Waals surface area contributed by atoms with Gasteiger partial charge in [0.25, 0.3) is 0 Å². The molecule has 1 nitrogen and oxygen atoms in total. The van der Waals surface area contributed by atoms with Crippen molar-refractivity contribution in [1.82, 2.24) is 0 Å². The van der Waals surface area contributed by atoms with Crippen LogP contribution < -0.4 is 0 Å². The Morgan fingerprint density at radius 2 is 1.35 bits per heavy atom. The summed E-state index contributed by atoms with van der Waals surface area (Å²) in [5.74, 6) is -0.0572. The van der Waals surface area contributed by atoms with Gasteiger partial charge in [-0.05, 0) is 41.3 Å². The third-order valence-corrected chi connectivity index (χ3v) is 5.82. The van der Waals surface area contributed by atoms with E-state index in [9.17, 15) is 5.11 Å². The lowest BCUT2D eigenvalue weighted by Crippen LogP contribution is -2.36. The molecule has 26 heavy (non-hydrogen) atoms. The summed E-state index contributed by atoms with van der Waals surface area (Å²) in [7, 11) is 0. The Kier molecular flexibility index (Phi) is 4.19. The SMILES string of the molecule is C=C(C)C1(O)c2c(Cl)cccc2C(c2ccccc2)c2cccc(Cl)c21. The van der Waals surface area contributed by atoms with Crippen molar-refractivity contribution >= 4 is 23.2 Å². The lowest BCUT2D eigenvalue weighted by molar-refractivity contribution is 0.116. The van der Waals surface area contributed by atoms with Crippen LogP contribution in [-0.4, -0.2) is 5.11 Å². The molecule has 0 unspecified atom stereocenters. The summed E-state index contributed by atoms with van der Waals surface area (Å²) in [6.45, 7) is 5.87. The summed E-state index contributed by atoms with van der Waals surface area (Å²) in [5.41, 5.74) is 3.59. The molecule has 0 radical (unpaired) electrons. The molecule has 0 saturated carbocycles. The van der Waals surface area contributed by atoms with Crippen molar-refractivity contribution in [3.8, 4) is 0 Å². The van der Waals surface area contributed by atoms with E-state index in [1.54, 1.807) is 12.1 Å². The van der Waals surface area contributed by atoms with Gasteiger partial charge in [0.1, 0.15) is 5.60 Å². The number of hydrogen-bond acceptors (Lipinski definition) is 1. The minimum absolute atomic E-state index is 0.0572. The number of fused-ring (bicyclic) bond motifs is 2. The molecule has 3 aromatic rings. The van der Waals surface area contributed by atoms with Crippen LogP contribution in [0.5, 0.6) is 0 Å². The molecule has 0 fully saturated rings. The van der Waals surface area contributed by atoms with E-state index in [1.165, 1.54) is 0 Å². The number of aliphatic hydroxyl groups is 1. The van der Waals surface area contributed by atoms with E-state index < -0.39 is 5.60 Å². The molecule has 0 amide bonds. The molecule has 1 aliphatic carbocycles. The van der Waals surface area contributed by atoms with Gasteiger partial charge in [0.2, 0.25) is 0 Å². The van der Waals surface area contributed by atoms with Gasteiger partial charge in [-0.2, -0.15) is 0 Å². The Labute approximate surface area is 163 Å². The third-order valence-electron chi connectivity index (χ3n) is 5.19. The van der Waals surface area contributed by atoms with Gasteiger partial charge in [0.05, 0.1) is 0 Å². The van der Waals surface area contributed by atoms with Crippen LogP contribution in [0.2, 0.25) is 10.0 Å². The minimum Gasteiger partial charge on any atom is -0.376 e. The zero-order valence-corrected chi connectivity index (χ0v) is 15.9. The molecule has 0 saturated heterocycles. The number of hydrogen-bond donors (Lipinski definition) is 1. The summed E-state index contributed by atoms with van der Waals surface area (Å²) in [4.78, 5) is 0. The third kappa shape index (κ3) is 2.35. The van der Waals surface area contributed by atoms with E-state index in [-0.39, 0.29) is 5.92 Å². The van der Waals surface area contributed by atoms with E-state index in [2.05, 4.69) is 18.7 Å². The summed E-state index contributed by atoms with van der Waals surface area (Å²) in [6, 6.07) is 21.7. The van der Waals surface area contributed by atoms with Crippen molar-refractivity contribution in [2.24, 2.45) is 0 Å². The van der Waals surface area contributed by atoms with Crippen molar-refractivity contribution in [3.63, 3.8) is 0 Å². The maximum absolute atomic E-state index is 11.8. The minimum atomic E-state index is -1.42. The highest BCUT2D eigenvalue weighted by Gasteiger charge is 2.46. The largest absolute Gasteiger partial charge is 0.376 e. The van der Waals surface area contributed by atoms with Crippen LogP contribution in [-0.2, 0) is 5.60 Å². The zero-order valence-electron chi connectivity index (χ0n) is 14.3. The van der Waals surface area contributed by atoms with Crippen LogP contribution in [0.4, 0.5) is 0 Å². The molecule has 0 spiro atoms. The molecule has 0 bridgehead atoms.